The number of carbonyl (C=O) groups excluding carboxylic acids is 1. The first kappa shape index (κ1) is 49.5. The molecule has 2 aliphatic heterocycles. The number of benzene rings is 2. The van der Waals surface area contributed by atoms with Crippen molar-refractivity contribution in [2.45, 2.75) is 140 Å². The molecule has 1 amide bonds. The molecule has 2 aromatic rings. The highest BCUT2D eigenvalue weighted by Gasteiger charge is 2.65. The Labute approximate surface area is 382 Å². The second kappa shape index (κ2) is 25.7. The molecule has 6 rings (SSSR count). The number of rotatable bonds is 30. The van der Waals surface area contributed by atoms with Gasteiger partial charge in [0.15, 0.2) is 0 Å². The highest BCUT2D eigenvalue weighted by molar-refractivity contribution is 6.03. The molecule has 0 bridgehead atoms. The Balaban J connectivity index is 1.40. The van der Waals surface area contributed by atoms with Crippen molar-refractivity contribution in [3.05, 3.63) is 83.7 Å². The zero-order valence-corrected chi connectivity index (χ0v) is 38.7. The number of hydrogen-bond donors (Lipinski definition) is 2. The van der Waals surface area contributed by atoms with Gasteiger partial charge in [-0.15, -0.1) is 6.58 Å². The van der Waals surface area contributed by atoms with E-state index in [-0.39, 0.29) is 63.0 Å². The number of amides is 1. The van der Waals surface area contributed by atoms with Crippen LogP contribution >= 0.6 is 0 Å². The lowest BCUT2D eigenvalue weighted by Crippen LogP contribution is -2.70. The van der Waals surface area contributed by atoms with Crippen molar-refractivity contribution < 1.29 is 43.2 Å². The van der Waals surface area contributed by atoms with Crippen LogP contribution in [0.5, 0.6) is 11.5 Å². The fourth-order valence-electron chi connectivity index (χ4n) is 10.4. The van der Waals surface area contributed by atoms with Crippen LogP contribution in [0.25, 0.3) is 0 Å². The summed E-state index contributed by atoms with van der Waals surface area (Å²) in [5.41, 5.74) is 3.39. The minimum absolute atomic E-state index is 0.0811. The Hall–Kier alpha value is -3.97. The zero-order chi connectivity index (χ0) is 45.2. The monoisotopic (exact) mass is 890 g/mol. The van der Waals surface area contributed by atoms with Gasteiger partial charge < -0.3 is 34.0 Å². The van der Waals surface area contributed by atoms with E-state index in [1.165, 1.54) is 57.1 Å². The van der Waals surface area contributed by atoms with Crippen LogP contribution in [0.1, 0.15) is 133 Å². The summed E-state index contributed by atoms with van der Waals surface area (Å²) in [6.45, 7) is 10.7. The van der Waals surface area contributed by atoms with Gasteiger partial charge in [0.2, 0.25) is 5.79 Å². The first-order valence-electron chi connectivity index (χ1n) is 24.5. The van der Waals surface area contributed by atoms with E-state index in [0.29, 0.717) is 30.9 Å². The lowest BCUT2D eigenvalue weighted by Gasteiger charge is -2.59. The molecule has 0 spiro atoms. The van der Waals surface area contributed by atoms with Gasteiger partial charge in [-0.2, -0.15) is 0 Å². The van der Waals surface area contributed by atoms with E-state index in [0.717, 1.165) is 87.0 Å². The number of carbonyl (C=O) groups is 1. The number of oxime groups is 1. The Morgan fingerprint density at radius 1 is 0.938 bits per heavy atom. The van der Waals surface area contributed by atoms with Crippen LogP contribution in [0.3, 0.4) is 0 Å². The molecule has 2 N–H and O–H groups in total. The summed E-state index contributed by atoms with van der Waals surface area (Å²) >= 11 is 0. The third kappa shape index (κ3) is 13.1. The number of allylic oxidation sites excluding steroid dienone is 1. The summed E-state index contributed by atoms with van der Waals surface area (Å²) in [7, 11) is 1.54. The molecule has 0 radical (unpaired) electrons. The van der Waals surface area contributed by atoms with E-state index in [1.54, 1.807) is 30.2 Å². The van der Waals surface area contributed by atoms with Gasteiger partial charge >= 0.3 is 6.09 Å². The number of fused-ring (bicyclic) bond motifs is 2. The Bertz CT molecular complexity index is 1800. The minimum atomic E-state index is -1.44. The van der Waals surface area contributed by atoms with Crippen molar-refractivity contribution in [3.8, 4) is 11.5 Å². The van der Waals surface area contributed by atoms with Gasteiger partial charge in [-0.1, -0.05) is 107 Å². The third-order valence-corrected chi connectivity index (χ3v) is 13.7. The summed E-state index contributed by atoms with van der Waals surface area (Å²) in [5.74, 6) is -0.831. The summed E-state index contributed by atoms with van der Waals surface area (Å²) in [4.78, 5) is 24.5. The van der Waals surface area contributed by atoms with Gasteiger partial charge in [-0.25, -0.2) is 9.18 Å². The number of hydrogen-bond acceptors (Lipinski definition) is 10. The average Bonchev–Trinajstić information content (AvgIpc) is 4.13. The Morgan fingerprint density at radius 3 is 2.31 bits per heavy atom. The molecule has 2 heterocycles. The lowest BCUT2D eigenvalue weighted by atomic mass is 9.55. The average molecular weight is 890 g/mol. The number of halogens is 1. The maximum atomic E-state index is 14.8. The van der Waals surface area contributed by atoms with Crippen LogP contribution in [0, 0.1) is 23.6 Å². The van der Waals surface area contributed by atoms with E-state index in [1.807, 2.05) is 12.1 Å². The summed E-state index contributed by atoms with van der Waals surface area (Å²) in [5, 5.41) is 24.5. The molecule has 11 nitrogen and oxygen atoms in total. The summed E-state index contributed by atoms with van der Waals surface area (Å²) < 4.78 is 41.4. The highest BCUT2D eigenvalue weighted by atomic mass is 19.1. The normalized spacial score (nSPS) is 24.0. The SMILES string of the molecule is C=CCO[C@@]12Oc3ccc(OCCN4CC4)cc3[C@H]3[C@H](CCCCO)[C@@H](CCCCO)C=C(C(=NOC)C[C@@H]1N(Cc1ccc(F)cc1)C(=O)OCCCCCCCCCCCC)[C@H]32. The van der Waals surface area contributed by atoms with E-state index < -0.39 is 23.8 Å². The maximum Gasteiger partial charge on any atom is 0.410 e. The van der Waals surface area contributed by atoms with Gasteiger partial charge in [-0.05, 0) is 85.4 Å². The van der Waals surface area contributed by atoms with Crippen LogP contribution in [0.15, 0.2) is 71.9 Å². The van der Waals surface area contributed by atoms with E-state index in [4.69, 9.17) is 28.9 Å². The zero-order valence-electron chi connectivity index (χ0n) is 38.7. The van der Waals surface area contributed by atoms with Crippen molar-refractivity contribution in [2.24, 2.45) is 22.9 Å². The topological polar surface area (TPSA) is 122 Å². The van der Waals surface area contributed by atoms with Crippen LogP contribution in [-0.2, 0) is 20.9 Å². The van der Waals surface area contributed by atoms with Crippen molar-refractivity contribution in [3.63, 3.8) is 0 Å². The molecule has 2 fully saturated rings. The third-order valence-electron chi connectivity index (χ3n) is 13.7. The number of aliphatic hydroxyl groups is 2. The predicted octanol–water partition coefficient (Wildman–Crippen LogP) is 10.3. The maximum absolute atomic E-state index is 14.8. The molecule has 64 heavy (non-hydrogen) atoms. The van der Waals surface area contributed by atoms with Crippen molar-refractivity contribution >= 4 is 11.8 Å². The quantitative estimate of drug-likeness (QED) is 0.0342. The molecule has 12 heteroatoms. The molecule has 354 valence electrons. The molecule has 6 atom stereocenters. The van der Waals surface area contributed by atoms with Crippen LogP contribution in [-0.4, -0.2) is 103 Å². The van der Waals surface area contributed by atoms with Crippen molar-refractivity contribution in [1.82, 2.24) is 9.80 Å². The second-order valence-electron chi connectivity index (χ2n) is 18.2. The Kier molecular flexibility index (Phi) is 19.8. The highest BCUT2D eigenvalue weighted by Crippen LogP contribution is 2.62. The molecule has 0 aromatic heterocycles. The van der Waals surface area contributed by atoms with Crippen LogP contribution in [0.2, 0.25) is 0 Å². The Morgan fingerprint density at radius 2 is 1.64 bits per heavy atom. The summed E-state index contributed by atoms with van der Waals surface area (Å²) in [6.07, 6.45) is 20.1. The van der Waals surface area contributed by atoms with Crippen LogP contribution < -0.4 is 9.47 Å². The molecule has 2 aliphatic carbocycles. The number of aliphatic hydroxyl groups excluding tert-OH is 2. The van der Waals surface area contributed by atoms with Crippen molar-refractivity contribution in [1.29, 1.82) is 0 Å². The molecule has 0 unspecified atom stereocenters. The van der Waals surface area contributed by atoms with E-state index in [9.17, 15) is 19.4 Å². The van der Waals surface area contributed by atoms with Gasteiger partial charge in [0.25, 0.3) is 0 Å². The van der Waals surface area contributed by atoms with Crippen molar-refractivity contribution in [2.75, 3.05) is 59.8 Å². The standard InChI is InChI=1S/C52H76FN3O8/c1-4-6-7-8-9-10-11-12-13-18-33-62-51(59)56(38-39-21-23-41(53)24-22-39)48-37-46(54-60-3)44-35-40(19-14-16-30-57)43(20-15-17-31-58)49-45-36-42(61-34-29-55-27-28-55)25-26-47(45)64-52(48,50(44)49)63-32-5-2/h5,21-26,35-36,40,43,48-50,57-58H,2,4,6-20,27-34,37-38H2,1,3H3/t40-,43+,48-,49+,50+,52+/m0/s1. The van der Waals surface area contributed by atoms with Gasteiger partial charge in [-0.3, -0.25) is 9.80 Å². The first-order valence-corrected chi connectivity index (χ1v) is 24.5. The van der Waals surface area contributed by atoms with Gasteiger partial charge in [0.1, 0.15) is 37.1 Å². The summed E-state index contributed by atoms with van der Waals surface area (Å²) in [6, 6.07) is 11.5. The van der Waals surface area contributed by atoms with Crippen LogP contribution in [0.4, 0.5) is 9.18 Å². The molecule has 1 saturated carbocycles. The van der Waals surface area contributed by atoms with E-state index >= 15 is 0 Å². The molecular weight excluding hydrogens is 814 g/mol. The minimum Gasteiger partial charge on any atom is -0.492 e. The second-order valence-corrected chi connectivity index (χ2v) is 18.2. The number of nitrogens with zero attached hydrogens (tertiary/aromatic N) is 3. The molecular formula is C52H76FN3O8. The fraction of sp³-hybridized carbons (Fsp3) is 0.654. The lowest BCUT2D eigenvalue weighted by molar-refractivity contribution is -0.256. The molecule has 1 saturated heterocycles. The number of ether oxygens (including phenoxy) is 4. The van der Waals surface area contributed by atoms with E-state index in [2.05, 4.69) is 30.5 Å². The molecule has 4 aliphatic rings. The fourth-order valence-corrected chi connectivity index (χ4v) is 10.4. The first-order chi connectivity index (χ1) is 31.4. The van der Waals surface area contributed by atoms with Gasteiger partial charge in [0, 0.05) is 57.3 Å². The largest absolute Gasteiger partial charge is 0.492 e. The smallest absolute Gasteiger partial charge is 0.410 e. The molecule has 2 aromatic carbocycles. The number of unbranched alkanes of at least 4 members (excludes halogenated alkanes) is 11. The van der Waals surface area contributed by atoms with Gasteiger partial charge in [0.05, 0.1) is 24.8 Å². The predicted molar refractivity (Wildman–Crippen MR) is 249 cm³/mol.